The van der Waals surface area contributed by atoms with Gasteiger partial charge in [0.2, 0.25) is 0 Å². The van der Waals surface area contributed by atoms with Gasteiger partial charge in [0.05, 0.1) is 0 Å². The first-order valence-electron chi connectivity index (χ1n) is 8.05. The molecule has 0 radical (unpaired) electrons. The minimum absolute atomic E-state index is 0.221. The van der Waals surface area contributed by atoms with Crippen LogP contribution in [0.3, 0.4) is 0 Å². The van der Waals surface area contributed by atoms with E-state index in [9.17, 15) is 0 Å². The van der Waals surface area contributed by atoms with E-state index in [4.69, 9.17) is 23.2 Å². The number of unbranched alkanes of at least 4 members (excludes halogenated alkanes) is 2. The molecule has 0 aliphatic heterocycles. The van der Waals surface area contributed by atoms with E-state index in [1.807, 2.05) is 0 Å². The molecule has 0 heterocycles. The standard InChI is InChI=1S/C16H30BCl2N/c1-5-9-11-15(18)13-17(20(7-3)8-4)14-16(19)12-10-6-2/h13-14H,5-12H2,1-4H3. The van der Waals surface area contributed by atoms with Crippen molar-refractivity contribution in [2.45, 2.75) is 66.2 Å². The molecule has 0 aromatic rings. The molecule has 0 bridgehead atoms. The van der Waals surface area contributed by atoms with Crippen LogP contribution in [-0.4, -0.2) is 24.7 Å². The lowest BCUT2D eigenvalue weighted by Crippen LogP contribution is -2.37. The summed E-state index contributed by atoms with van der Waals surface area (Å²) in [4.78, 5) is 2.38. The topological polar surface area (TPSA) is 3.24 Å². The second kappa shape index (κ2) is 12.8. The fourth-order valence-electron chi connectivity index (χ4n) is 2.13. The van der Waals surface area contributed by atoms with Gasteiger partial charge in [-0.2, -0.15) is 0 Å². The molecule has 0 atom stereocenters. The van der Waals surface area contributed by atoms with Gasteiger partial charge in [-0.25, -0.2) is 0 Å². The molecule has 4 heteroatoms. The van der Waals surface area contributed by atoms with Gasteiger partial charge in [-0.15, -0.1) is 0 Å². The molecule has 0 unspecified atom stereocenters. The van der Waals surface area contributed by atoms with E-state index in [1.165, 1.54) is 12.8 Å². The lowest BCUT2D eigenvalue weighted by molar-refractivity contribution is 0.489. The van der Waals surface area contributed by atoms with E-state index in [-0.39, 0.29) is 6.85 Å². The Bertz CT molecular complexity index is 275. The van der Waals surface area contributed by atoms with Crippen LogP contribution in [0.25, 0.3) is 0 Å². The predicted octanol–water partition coefficient (Wildman–Crippen LogP) is 6.02. The molecule has 0 aliphatic rings. The molecule has 0 spiro atoms. The maximum absolute atomic E-state index is 6.36. The van der Waals surface area contributed by atoms with Crippen LogP contribution in [0.5, 0.6) is 0 Å². The van der Waals surface area contributed by atoms with Gasteiger partial charge < -0.3 is 4.81 Å². The fourth-order valence-corrected chi connectivity index (χ4v) is 2.66. The van der Waals surface area contributed by atoms with E-state index in [1.54, 1.807) is 0 Å². The van der Waals surface area contributed by atoms with E-state index in [0.29, 0.717) is 0 Å². The third-order valence-corrected chi connectivity index (χ3v) is 4.11. The highest BCUT2D eigenvalue weighted by atomic mass is 35.5. The SMILES string of the molecule is CCCCC(Cl)=CB(C=C(Cl)CCCC)N(CC)CC. The summed E-state index contributed by atoms with van der Waals surface area (Å²) in [7, 11) is 0. The molecule has 116 valence electrons. The summed E-state index contributed by atoms with van der Waals surface area (Å²) >= 11 is 12.7. The summed E-state index contributed by atoms with van der Waals surface area (Å²) < 4.78 is 0. The Morgan fingerprint density at radius 3 is 1.55 bits per heavy atom. The average Bonchev–Trinajstić information content (AvgIpc) is 2.44. The summed E-state index contributed by atoms with van der Waals surface area (Å²) in [6.07, 6.45) is 6.58. The van der Waals surface area contributed by atoms with Crippen LogP contribution in [0.2, 0.25) is 0 Å². The van der Waals surface area contributed by atoms with Crippen LogP contribution in [0, 0.1) is 0 Å². The van der Waals surface area contributed by atoms with Crippen molar-refractivity contribution in [3.8, 4) is 0 Å². The second-order valence-corrected chi connectivity index (χ2v) is 6.12. The molecular weight excluding hydrogens is 288 g/mol. The Labute approximate surface area is 136 Å². The molecular formula is C16H30BCl2N. The summed E-state index contributed by atoms with van der Waals surface area (Å²) in [5.41, 5.74) is 0. The summed E-state index contributed by atoms with van der Waals surface area (Å²) in [5, 5.41) is 1.92. The number of nitrogens with zero attached hydrogens (tertiary/aromatic N) is 1. The van der Waals surface area contributed by atoms with Crippen molar-refractivity contribution < 1.29 is 0 Å². The molecule has 1 nitrogen and oxygen atoms in total. The summed E-state index contributed by atoms with van der Waals surface area (Å²) in [5.74, 6) is 4.33. The number of hydrogen-bond donors (Lipinski definition) is 0. The average molecular weight is 318 g/mol. The Morgan fingerprint density at radius 1 is 0.850 bits per heavy atom. The van der Waals surface area contributed by atoms with Crippen LogP contribution in [0.1, 0.15) is 66.2 Å². The molecule has 0 rings (SSSR count). The zero-order valence-corrected chi connectivity index (χ0v) is 15.1. The third-order valence-electron chi connectivity index (χ3n) is 3.48. The van der Waals surface area contributed by atoms with Crippen molar-refractivity contribution in [3.63, 3.8) is 0 Å². The number of halogens is 2. The second-order valence-electron chi connectivity index (χ2n) is 5.15. The molecule has 0 saturated carbocycles. The first kappa shape index (κ1) is 20.1. The van der Waals surface area contributed by atoms with Crippen molar-refractivity contribution >= 4 is 30.0 Å². The van der Waals surface area contributed by atoms with Gasteiger partial charge in [0.15, 0.2) is 0 Å². The molecule has 0 fully saturated rings. The molecule has 20 heavy (non-hydrogen) atoms. The summed E-state index contributed by atoms with van der Waals surface area (Å²) in [6.45, 7) is 11.0. The van der Waals surface area contributed by atoms with Gasteiger partial charge in [0.1, 0.15) is 0 Å². The van der Waals surface area contributed by atoms with Crippen molar-refractivity contribution in [1.29, 1.82) is 0 Å². The first-order valence-corrected chi connectivity index (χ1v) is 8.80. The Morgan fingerprint density at radius 2 is 1.25 bits per heavy atom. The van der Waals surface area contributed by atoms with Crippen LogP contribution in [0.15, 0.2) is 22.0 Å². The van der Waals surface area contributed by atoms with E-state index >= 15 is 0 Å². The van der Waals surface area contributed by atoms with Gasteiger partial charge in [-0.05, 0) is 38.8 Å². The minimum atomic E-state index is 0.221. The molecule has 0 saturated heterocycles. The zero-order chi connectivity index (χ0) is 15.4. The van der Waals surface area contributed by atoms with Gasteiger partial charge in [-0.3, -0.25) is 0 Å². The van der Waals surface area contributed by atoms with Crippen molar-refractivity contribution in [3.05, 3.63) is 22.0 Å². The molecule has 0 N–H and O–H groups in total. The van der Waals surface area contributed by atoms with Crippen LogP contribution < -0.4 is 0 Å². The quantitative estimate of drug-likeness (QED) is 0.421. The predicted molar refractivity (Wildman–Crippen MR) is 95.6 cm³/mol. The number of hydrogen-bond acceptors (Lipinski definition) is 1. The normalized spacial score (nSPS) is 13.2. The molecule has 0 aliphatic carbocycles. The molecule has 0 amide bonds. The zero-order valence-electron chi connectivity index (χ0n) is 13.6. The highest BCUT2D eigenvalue weighted by Crippen LogP contribution is 2.17. The first-order chi connectivity index (χ1) is 9.58. The minimum Gasteiger partial charge on any atom is -0.335 e. The monoisotopic (exact) mass is 317 g/mol. The van der Waals surface area contributed by atoms with Gasteiger partial charge in [0.25, 0.3) is 6.85 Å². The van der Waals surface area contributed by atoms with E-state index in [0.717, 1.165) is 48.8 Å². The smallest absolute Gasteiger partial charge is 0.279 e. The lowest BCUT2D eigenvalue weighted by atomic mass is 9.59. The number of allylic oxidation sites excluding steroid dienone is 2. The molecule has 0 aromatic heterocycles. The van der Waals surface area contributed by atoms with Crippen LogP contribution >= 0.6 is 23.2 Å². The Hall–Kier alpha value is 0.0849. The van der Waals surface area contributed by atoms with Crippen LogP contribution in [-0.2, 0) is 0 Å². The molecule has 0 aromatic carbocycles. The van der Waals surface area contributed by atoms with Crippen molar-refractivity contribution in [1.82, 2.24) is 4.81 Å². The van der Waals surface area contributed by atoms with E-state index < -0.39 is 0 Å². The fraction of sp³-hybridized carbons (Fsp3) is 0.750. The van der Waals surface area contributed by atoms with Crippen molar-refractivity contribution in [2.75, 3.05) is 13.1 Å². The van der Waals surface area contributed by atoms with Gasteiger partial charge in [-0.1, -0.05) is 75.7 Å². The number of rotatable bonds is 11. The highest BCUT2D eigenvalue weighted by Gasteiger charge is 2.17. The van der Waals surface area contributed by atoms with Crippen molar-refractivity contribution in [2.24, 2.45) is 0 Å². The maximum Gasteiger partial charge on any atom is 0.279 e. The van der Waals surface area contributed by atoms with Crippen LogP contribution in [0.4, 0.5) is 0 Å². The Balaban J connectivity index is 4.88. The maximum atomic E-state index is 6.36. The van der Waals surface area contributed by atoms with Gasteiger partial charge >= 0.3 is 0 Å². The largest absolute Gasteiger partial charge is 0.335 e. The Kier molecular flexibility index (Phi) is 12.9. The highest BCUT2D eigenvalue weighted by molar-refractivity contribution is 6.68. The van der Waals surface area contributed by atoms with Gasteiger partial charge in [0, 0.05) is 10.1 Å². The van der Waals surface area contributed by atoms with E-state index in [2.05, 4.69) is 44.5 Å². The lowest BCUT2D eigenvalue weighted by Gasteiger charge is -2.23. The third kappa shape index (κ3) is 9.10. The summed E-state index contributed by atoms with van der Waals surface area (Å²) in [6, 6.07) is 0.